The Kier molecular flexibility index (Phi) is 8.07. The van der Waals surface area contributed by atoms with Crippen LogP contribution in [0, 0.1) is 0 Å². The molecule has 2 aromatic carbocycles. The van der Waals surface area contributed by atoms with Crippen molar-refractivity contribution in [3.05, 3.63) is 71.0 Å². The molecule has 0 atom stereocenters. The second-order valence-electron chi connectivity index (χ2n) is 8.99. The summed E-state index contributed by atoms with van der Waals surface area (Å²) < 4.78 is 41.5. The van der Waals surface area contributed by atoms with Crippen LogP contribution >= 0.6 is 11.8 Å². The number of rotatable bonds is 8. The zero-order valence-corrected chi connectivity index (χ0v) is 20.6. The molecule has 9 heteroatoms. The average Bonchev–Trinajstić information content (AvgIpc) is 3.19. The van der Waals surface area contributed by atoms with Gasteiger partial charge >= 0.3 is 6.18 Å². The average molecular weight is 491 g/mol. The number of benzene rings is 2. The molecule has 1 amide bonds. The largest absolute Gasteiger partial charge is 0.416 e. The van der Waals surface area contributed by atoms with Crippen molar-refractivity contribution in [2.45, 2.75) is 63.8 Å². The van der Waals surface area contributed by atoms with Crippen LogP contribution in [0.3, 0.4) is 0 Å². The van der Waals surface area contributed by atoms with Gasteiger partial charge in [-0.3, -0.25) is 9.36 Å². The van der Waals surface area contributed by atoms with E-state index < -0.39 is 11.7 Å². The molecule has 0 aliphatic rings. The molecule has 5 nitrogen and oxygen atoms in total. The van der Waals surface area contributed by atoms with Crippen molar-refractivity contribution in [2.24, 2.45) is 0 Å². The molecule has 0 spiro atoms. The maximum atomic E-state index is 13.3. The topological polar surface area (TPSA) is 59.8 Å². The van der Waals surface area contributed by atoms with Crippen LogP contribution in [0.2, 0.25) is 0 Å². The molecule has 0 aliphatic carbocycles. The van der Waals surface area contributed by atoms with Crippen LogP contribution in [-0.4, -0.2) is 26.4 Å². The van der Waals surface area contributed by atoms with Gasteiger partial charge in [-0.1, -0.05) is 64.1 Å². The number of nitrogens with zero attached hydrogens (tertiary/aromatic N) is 3. The summed E-state index contributed by atoms with van der Waals surface area (Å²) in [6.07, 6.45) is -2.54. The third-order valence-electron chi connectivity index (χ3n) is 5.28. The molecular weight excluding hydrogens is 461 g/mol. The number of carbonyl (C=O) groups excluding carboxylic acids is 1. The van der Waals surface area contributed by atoms with Crippen LogP contribution in [0.25, 0.3) is 5.69 Å². The minimum atomic E-state index is -4.47. The van der Waals surface area contributed by atoms with E-state index in [0.717, 1.165) is 36.3 Å². The predicted molar refractivity (Wildman–Crippen MR) is 128 cm³/mol. The Morgan fingerprint density at radius 1 is 1.03 bits per heavy atom. The van der Waals surface area contributed by atoms with Gasteiger partial charge in [-0.05, 0) is 47.7 Å². The van der Waals surface area contributed by atoms with Gasteiger partial charge < -0.3 is 5.32 Å². The highest BCUT2D eigenvalue weighted by Gasteiger charge is 2.31. The van der Waals surface area contributed by atoms with Gasteiger partial charge in [-0.25, -0.2) is 0 Å². The summed E-state index contributed by atoms with van der Waals surface area (Å²) in [5, 5.41) is 11.7. The Morgan fingerprint density at radius 3 is 2.35 bits per heavy atom. The summed E-state index contributed by atoms with van der Waals surface area (Å²) >= 11 is 1.43. The quantitative estimate of drug-likeness (QED) is 0.293. The number of hydrogen-bond acceptors (Lipinski definition) is 4. The lowest BCUT2D eigenvalue weighted by molar-refractivity contribution is -0.137. The maximum absolute atomic E-state index is 13.3. The first-order chi connectivity index (χ1) is 16.0. The van der Waals surface area contributed by atoms with Crippen molar-refractivity contribution in [3.63, 3.8) is 0 Å². The molecule has 0 saturated carbocycles. The number of hydrogen-bond donors (Lipinski definition) is 1. The monoisotopic (exact) mass is 490 g/mol. The van der Waals surface area contributed by atoms with Crippen LogP contribution in [0.15, 0.2) is 53.7 Å². The first kappa shape index (κ1) is 25.8. The molecule has 3 rings (SSSR count). The van der Waals surface area contributed by atoms with Gasteiger partial charge in [0.25, 0.3) is 5.91 Å². The SMILES string of the molecule is CCCCSc1nnc(CNC(=O)c2ccc(C(C)(C)C)cc2)n1-c1cccc(C(F)(F)F)c1. The molecule has 1 heterocycles. The van der Waals surface area contributed by atoms with Crippen LogP contribution < -0.4 is 5.32 Å². The molecule has 0 bridgehead atoms. The first-order valence-corrected chi connectivity index (χ1v) is 12.1. The molecule has 3 aromatic rings. The summed E-state index contributed by atoms with van der Waals surface area (Å²) in [5.74, 6) is 0.831. The van der Waals surface area contributed by atoms with Crippen LogP contribution in [-0.2, 0) is 18.1 Å². The van der Waals surface area contributed by atoms with Crippen LogP contribution in [0.1, 0.15) is 67.8 Å². The normalized spacial score (nSPS) is 12.1. The summed E-state index contributed by atoms with van der Waals surface area (Å²) in [6.45, 7) is 8.38. The molecule has 0 fully saturated rings. The van der Waals surface area contributed by atoms with Crippen molar-refractivity contribution in [2.75, 3.05) is 5.75 Å². The minimum Gasteiger partial charge on any atom is -0.345 e. The standard InChI is InChI=1S/C25H29F3N4OS/c1-5-6-14-34-23-31-30-21(32(23)20-9-7-8-19(15-20)25(26,27)28)16-29-22(33)17-10-12-18(13-11-17)24(2,3)4/h7-13,15H,5-6,14,16H2,1-4H3,(H,29,33). The Labute approximate surface area is 202 Å². The van der Waals surface area contributed by atoms with E-state index in [4.69, 9.17) is 0 Å². The van der Waals surface area contributed by atoms with E-state index >= 15 is 0 Å². The third-order valence-corrected chi connectivity index (χ3v) is 6.30. The van der Waals surface area contributed by atoms with Gasteiger partial charge in [-0.2, -0.15) is 13.2 Å². The fourth-order valence-corrected chi connectivity index (χ4v) is 4.33. The third kappa shape index (κ3) is 6.40. The minimum absolute atomic E-state index is 0.0252. The number of thioether (sulfide) groups is 1. The van der Waals surface area contributed by atoms with Crippen molar-refractivity contribution < 1.29 is 18.0 Å². The number of halogens is 3. The zero-order valence-electron chi connectivity index (χ0n) is 19.7. The van der Waals surface area contributed by atoms with Gasteiger partial charge in [0.15, 0.2) is 11.0 Å². The molecule has 182 valence electrons. The molecule has 0 aliphatic heterocycles. The fourth-order valence-electron chi connectivity index (χ4n) is 3.28. The first-order valence-electron chi connectivity index (χ1n) is 11.1. The Bertz CT molecular complexity index is 1120. The molecule has 0 radical (unpaired) electrons. The van der Waals surface area contributed by atoms with Gasteiger partial charge in [0.2, 0.25) is 0 Å². The number of carbonyl (C=O) groups is 1. The van der Waals surface area contributed by atoms with E-state index in [-0.39, 0.29) is 17.9 Å². The van der Waals surface area contributed by atoms with E-state index in [1.165, 1.54) is 17.8 Å². The molecule has 1 N–H and O–H groups in total. The van der Waals surface area contributed by atoms with Crippen LogP contribution in [0.4, 0.5) is 13.2 Å². The second-order valence-corrected chi connectivity index (χ2v) is 10.1. The molecular formula is C25H29F3N4OS. The maximum Gasteiger partial charge on any atom is 0.416 e. The van der Waals surface area contributed by atoms with Crippen LogP contribution in [0.5, 0.6) is 0 Å². The van der Waals surface area contributed by atoms with Crippen molar-refractivity contribution in [1.29, 1.82) is 0 Å². The zero-order chi connectivity index (χ0) is 24.9. The summed E-state index contributed by atoms with van der Waals surface area (Å²) in [4.78, 5) is 12.7. The highest BCUT2D eigenvalue weighted by Crippen LogP contribution is 2.32. The lowest BCUT2D eigenvalue weighted by Gasteiger charge is -2.19. The fraction of sp³-hybridized carbons (Fsp3) is 0.400. The van der Waals surface area contributed by atoms with E-state index in [1.807, 2.05) is 12.1 Å². The summed E-state index contributed by atoms with van der Waals surface area (Å²) in [5.41, 5.74) is 1.13. The summed E-state index contributed by atoms with van der Waals surface area (Å²) in [7, 11) is 0. The van der Waals surface area contributed by atoms with E-state index in [0.29, 0.717) is 22.2 Å². The predicted octanol–water partition coefficient (Wildman–Crippen LogP) is 6.41. The smallest absolute Gasteiger partial charge is 0.345 e. The highest BCUT2D eigenvalue weighted by atomic mass is 32.2. The molecule has 1 aromatic heterocycles. The molecule has 0 unspecified atom stereocenters. The van der Waals surface area contributed by atoms with Crippen molar-refractivity contribution in [3.8, 4) is 5.69 Å². The molecule has 0 saturated heterocycles. The van der Waals surface area contributed by atoms with Crippen molar-refractivity contribution in [1.82, 2.24) is 20.1 Å². The number of unbranched alkanes of at least 4 members (excludes halogenated alkanes) is 1. The summed E-state index contributed by atoms with van der Waals surface area (Å²) in [6, 6.07) is 12.4. The number of amides is 1. The lowest BCUT2D eigenvalue weighted by Crippen LogP contribution is -2.25. The van der Waals surface area contributed by atoms with Gasteiger partial charge in [0, 0.05) is 11.3 Å². The molecule has 34 heavy (non-hydrogen) atoms. The lowest BCUT2D eigenvalue weighted by atomic mass is 9.87. The van der Waals surface area contributed by atoms with Gasteiger partial charge in [0.05, 0.1) is 17.8 Å². The van der Waals surface area contributed by atoms with Gasteiger partial charge in [0.1, 0.15) is 0 Å². The highest BCUT2D eigenvalue weighted by molar-refractivity contribution is 7.99. The second kappa shape index (κ2) is 10.6. The number of nitrogens with one attached hydrogen (secondary N) is 1. The Morgan fingerprint density at radius 2 is 1.74 bits per heavy atom. The van der Waals surface area contributed by atoms with E-state index in [9.17, 15) is 18.0 Å². The Balaban J connectivity index is 1.85. The number of aromatic nitrogens is 3. The Hall–Kier alpha value is -2.81. The van der Waals surface area contributed by atoms with E-state index in [2.05, 4.69) is 43.2 Å². The number of alkyl halides is 3. The van der Waals surface area contributed by atoms with E-state index in [1.54, 1.807) is 22.8 Å². The van der Waals surface area contributed by atoms with Crippen molar-refractivity contribution >= 4 is 17.7 Å². The van der Waals surface area contributed by atoms with Gasteiger partial charge in [-0.15, -0.1) is 10.2 Å².